The minimum atomic E-state index is -0.206. The van der Waals surface area contributed by atoms with Crippen LogP contribution in [0, 0.1) is 0 Å². The third-order valence-electron chi connectivity index (χ3n) is 2.31. The zero-order chi connectivity index (χ0) is 9.10. The summed E-state index contributed by atoms with van der Waals surface area (Å²) in [6.45, 7) is 0. The van der Waals surface area contributed by atoms with Gasteiger partial charge in [0.25, 0.3) is 0 Å². The molecule has 1 aromatic heterocycles. The number of hydrogen-bond acceptors (Lipinski definition) is 3. The van der Waals surface area contributed by atoms with Gasteiger partial charge < -0.3 is 0 Å². The van der Waals surface area contributed by atoms with Crippen LogP contribution in [0.5, 0.6) is 0 Å². The Kier molecular flexibility index (Phi) is 2.73. The van der Waals surface area contributed by atoms with Crippen LogP contribution in [0.3, 0.4) is 0 Å². The van der Waals surface area contributed by atoms with Crippen LogP contribution < -0.4 is 5.69 Å². The number of H-pyrrole nitrogens is 2. The van der Waals surface area contributed by atoms with Gasteiger partial charge in [-0.15, -0.1) is 0 Å². The number of hydrogen-bond donors (Lipinski definition) is 2. The van der Waals surface area contributed by atoms with Crippen LogP contribution in [0.15, 0.2) is 4.79 Å². The summed E-state index contributed by atoms with van der Waals surface area (Å²) < 4.78 is 0. The van der Waals surface area contributed by atoms with E-state index < -0.39 is 0 Å². The van der Waals surface area contributed by atoms with Crippen molar-refractivity contribution in [1.82, 2.24) is 15.2 Å². The molecule has 4 nitrogen and oxygen atoms in total. The number of nitrogens with one attached hydrogen (secondary N) is 2. The van der Waals surface area contributed by atoms with Crippen molar-refractivity contribution in [2.24, 2.45) is 0 Å². The van der Waals surface area contributed by atoms with Gasteiger partial charge in [-0.25, -0.2) is 9.89 Å². The molecule has 0 aliphatic heterocycles. The van der Waals surface area contributed by atoms with E-state index in [1.54, 1.807) is 0 Å². The predicted octanol–water partition coefficient (Wildman–Crippen LogP) is 1.27. The summed E-state index contributed by atoms with van der Waals surface area (Å²) in [5.74, 6) is 1.59. The Hall–Kier alpha value is -0.710. The third kappa shape index (κ3) is 2.37. The maximum atomic E-state index is 10.7. The van der Waals surface area contributed by atoms with E-state index in [9.17, 15) is 4.79 Å². The highest BCUT2D eigenvalue weighted by Gasteiger charge is 2.15. The van der Waals surface area contributed by atoms with Crippen molar-refractivity contribution < 1.29 is 0 Å². The lowest BCUT2D eigenvalue weighted by molar-refractivity contribution is 0.886. The number of aromatic amines is 2. The van der Waals surface area contributed by atoms with Crippen LogP contribution in [0.2, 0.25) is 0 Å². The normalized spacial score (nSPS) is 18.2. The van der Waals surface area contributed by atoms with Gasteiger partial charge in [0.05, 0.1) is 5.75 Å². The van der Waals surface area contributed by atoms with Crippen molar-refractivity contribution >= 4 is 11.8 Å². The average molecular weight is 199 g/mol. The van der Waals surface area contributed by atoms with Crippen molar-refractivity contribution in [2.45, 2.75) is 36.7 Å². The molecule has 1 aromatic rings. The summed E-state index contributed by atoms with van der Waals surface area (Å²) in [6.07, 6.45) is 5.35. The van der Waals surface area contributed by atoms with E-state index >= 15 is 0 Å². The average Bonchev–Trinajstić information content (AvgIpc) is 2.71. The van der Waals surface area contributed by atoms with E-state index in [-0.39, 0.29) is 5.69 Å². The van der Waals surface area contributed by atoms with Gasteiger partial charge in [0, 0.05) is 5.25 Å². The monoisotopic (exact) mass is 199 g/mol. The molecule has 0 aromatic carbocycles. The van der Waals surface area contributed by atoms with Gasteiger partial charge in [0.2, 0.25) is 0 Å². The van der Waals surface area contributed by atoms with Gasteiger partial charge in [-0.05, 0) is 12.8 Å². The lowest BCUT2D eigenvalue weighted by Crippen LogP contribution is -2.01. The molecule has 0 radical (unpaired) electrons. The Labute approximate surface area is 80.5 Å². The largest absolute Gasteiger partial charge is 0.340 e. The van der Waals surface area contributed by atoms with E-state index in [4.69, 9.17) is 0 Å². The predicted molar refractivity (Wildman–Crippen MR) is 52.8 cm³/mol. The lowest BCUT2D eigenvalue weighted by Gasteiger charge is -2.05. The molecule has 1 aliphatic rings. The molecule has 0 saturated heterocycles. The minimum Gasteiger partial charge on any atom is -0.292 e. The first-order valence-electron chi connectivity index (χ1n) is 4.60. The van der Waals surface area contributed by atoms with E-state index in [2.05, 4.69) is 15.2 Å². The Morgan fingerprint density at radius 2 is 2.23 bits per heavy atom. The zero-order valence-electron chi connectivity index (χ0n) is 7.38. The fourth-order valence-electron chi connectivity index (χ4n) is 1.63. The summed E-state index contributed by atoms with van der Waals surface area (Å²) in [5.41, 5.74) is -0.206. The van der Waals surface area contributed by atoms with Gasteiger partial charge in [-0.1, -0.05) is 12.8 Å². The van der Waals surface area contributed by atoms with Gasteiger partial charge in [-0.2, -0.15) is 16.9 Å². The van der Waals surface area contributed by atoms with Gasteiger partial charge in [0.15, 0.2) is 0 Å². The molecule has 1 heterocycles. The summed E-state index contributed by atoms with van der Waals surface area (Å²) in [6, 6.07) is 0. The summed E-state index contributed by atoms with van der Waals surface area (Å²) >= 11 is 1.90. The van der Waals surface area contributed by atoms with E-state index in [1.165, 1.54) is 25.7 Å². The molecule has 2 rings (SSSR count). The standard InChI is InChI=1S/C8H13N3OS/c12-8-9-7(10-11-8)5-13-6-3-1-2-4-6/h6H,1-5H2,(H2,9,10,11,12). The molecule has 1 aliphatic carbocycles. The number of thioether (sulfide) groups is 1. The molecule has 2 N–H and O–H groups in total. The topological polar surface area (TPSA) is 61.5 Å². The Morgan fingerprint density at radius 3 is 2.85 bits per heavy atom. The molecule has 0 spiro atoms. The zero-order valence-corrected chi connectivity index (χ0v) is 8.19. The first-order valence-corrected chi connectivity index (χ1v) is 5.64. The maximum Gasteiger partial charge on any atom is 0.340 e. The quantitative estimate of drug-likeness (QED) is 0.770. The van der Waals surface area contributed by atoms with Crippen LogP contribution in [0.1, 0.15) is 31.5 Å². The fraction of sp³-hybridized carbons (Fsp3) is 0.750. The first-order chi connectivity index (χ1) is 6.34. The molecule has 5 heteroatoms. The highest BCUT2D eigenvalue weighted by atomic mass is 32.2. The number of nitrogens with zero attached hydrogens (tertiary/aromatic N) is 1. The van der Waals surface area contributed by atoms with Crippen molar-refractivity contribution in [3.8, 4) is 0 Å². The molecule has 0 unspecified atom stereocenters. The molecular formula is C8H13N3OS. The number of rotatable bonds is 3. The first kappa shape index (κ1) is 8.87. The lowest BCUT2D eigenvalue weighted by atomic mass is 10.4. The second-order valence-corrected chi connectivity index (χ2v) is 4.63. The summed E-state index contributed by atoms with van der Waals surface area (Å²) in [7, 11) is 0. The SMILES string of the molecule is O=c1[nH]nc(CSC2CCCC2)[nH]1. The van der Waals surface area contributed by atoms with Gasteiger partial charge in [0.1, 0.15) is 5.82 Å². The van der Waals surface area contributed by atoms with Crippen molar-refractivity contribution in [1.29, 1.82) is 0 Å². The molecular weight excluding hydrogens is 186 g/mol. The van der Waals surface area contributed by atoms with Crippen LogP contribution in [-0.4, -0.2) is 20.4 Å². The minimum absolute atomic E-state index is 0.206. The smallest absolute Gasteiger partial charge is 0.292 e. The molecule has 13 heavy (non-hydrogen) atoms. The second-order valence-electron chi connectivity index (χ2n) is 3.34. The Morgan fingerprint density at radius 1 is 1.46 bits per heavy atom. The van der Waals surface area contributed by atoms with Crippen molar-refractivity contribution in [3.63, 3.8) is 0 Å². The van der Waals surface area contributed by atoms with Crippen molar-refractivity contribution in [3.05, 3.63) is 16.3 Å². The maximum absolute atomic E-state index is 10.7. The molecule has 0 amide bonds. The van der Waals surface area contributed by atoms with Gasteiger partial charge >= 0.3 is 5.69 Å². The molecule has 72 valence electrons. The van der Waals surface area contributed by atoms with Crippen molar-refractivity contribution in [2.75, 3.05) is 0 Å². The number of aromatic nitrogens is 3. The molecule has 1 saturated carbocycles. The Bertz CT molecular complexity index is 313. The van der Waals surface area contributed by atoms with Crippen LogP contribution in [0.4, 0.5) is 0 Å². The van der Waals surface area contributed by atoms with Crippen LogP contribution >= 0.6 is 11.8 Å². The third-order valence-corrected chi connectivity index (χ3v) is 3.69. The van der Waals surface area contributed by atoms with E-state index in [0.717, 1.165) is 16.8 Å². The van der Waals surface area contributed by atoms with Crippen LogP contribution in [-0.2, 0) is 5.75 Å². The molecule has 0 bridgehead atoms. The highest BCUT2D eigenvalue weighted by molar-refractivity contribution is 7.99. The summed E-state index contributed by atoms with van der Waals surface area (Å²) in [5, 5.41) is 7.01. The van der Waals surface area contributed by atoms with Gasteiger partial charge in [-0.3, -0.25) is 4.98 Å². The highest BCUT2D eigenvalue weighted by Crippen LogP contribution is 2.30. The van der Waals surface area contributed by atoms with E-state index in [0.29, 0.717) is 0 Å². The van der Waals surface area contributed by atoms with Crippen LogP contribution in [0.25, 0.3) is 0 Å². The fourth-order valence-corrected chi connectivity index (χ4v) is 2.82. The van der Waals surface area contributed by atoms with E-state index in [1.807, 2.05) is 11.8 Å². The molecule has 0 atom stereocenters. The summed E-state index contributed by atoms with van der Waals surface area (Å²) in [4.78, 5) is 13.4. The Balaban J connectivity index is 1.82. The second kappa shape index (κ2) is 4.00. The molecule has 1 fully saturated rings.